The van der Waals surface area contributed by atoms with E-state index in [2.05, 4.69) is 0 Å². The first-order valence-electron chi connectivity index (χ1n) is 6.32. The molecule has 0 unspecified atom stereocenters. The summed E-state index contributed by atoms with van der Waals surface area (Å²) in [5.41, 5.74) is 0. The molecule has 1 aliphatic rings. The van der Waals surface area contributed by atoms with Crippen LogP contribution in [0.25, 0.3) is 0 Å². The van der Waals surface area contributed by atoms with Crippen LogP contribution in [0, 0.1) is 11.6 Å². The van der Waals surface area contributed by atoms with Gasteiger partial charge in [0.15, 0.2) is 28.0 Å². The van der Waals surface area contributed by atoms with Gasteiger partial charge < -0.3 is 9.64 Å². The number of amides is 1. The van der Waals surface area contributed by atoms with E-state index in [4.69, 9.17) is 4.74 Å². The highest BCUT2D eigenvalue weighted by molar-refractivity contribution is 7.91. The van der Waals surface area contributed by atoms with E-state index >= 15 is 0 Å². The molecule has 0 bridgehead atoms. The molecular weight excluding hydrogens is 304 g/mol. The van der Waals surface area contributed by atoms with Gasteiger partial charge in [0.25, 0.3) is 5.91 Å². The molecule has 1 aromatic carbocycles. The Hall–Kier alpha value is -1.70. The van der Waals surface area contributed by atoms with E-state index in [1.54, 1.807) is 0 Å². The quantitative estimate of drug-likeness (QED) is 0.830. The molecule has 1 fully saturated rings. The third-order valence-electron chi connectivity index (χ3n) is 3.39. The largest absolute Gasteiger partial charge is 0.481 e. The van der Waals surface area contributed by atoms with Crippen molar-refractivity contribution in [1.29, 1.82) is 0 Å². The van der Waals surface area contributed by atoms with Crippen molar-refractivity contribution < 1.29 is 26.7 Å². The van der Waals surface area contributed by atoms with Crippen molar-refractivity contribution in [3.63, 3.8) is 0 Å². The maximum Gasteiger partial charge on any atom is 0.260 e. The van der Waals surface area contributed by atoms with Crippen LogP contribution in [0.2, 0.25) is 0 Å². The smallest absolute Gasteiger partial charge is 0.260 e. The van der Waals surface area contributed by atoms with Crippen molar-refractivity contribution in [2.75, 3.05) is 25.2 Å². The minimum absolute atomic E-state index is 0.0583. The van der Waals surface area contributed by atoms with Gasteiger partial charge in [-0.15, -0.1) is 0 Å². The number of benzene rings is 1. The lowest BCUT2D eigenvalue weighted by molar-refractivity contribution is -0.133. The molecule has 2 rings (SSSR count). The highest BCUT2D eigenvalue weighted by atomic mass is 32.2. The predicted molar refractivity (Wildman–Crippen MR) is 71.7 cm³/mol. The molecule has 1 heterocycles. The molecule has 0 spiro atoms. The fourth-order valence-electron chi connectivity index (χ4n) is 2.12. The molecule has 8 heteroatoms. The Balaban J connectivity index is 1.92. The second-order valence-electron chi connectivity index (χ2n) is 4.92. The second kappa shape index (κ2) is 5.97. The normalized spacial score (nSPS) is 20.2. The van der Waals surface area contributed by atoms with Crippen LogP contribution in [-0.4, -0.2) is 50.4 Å². The lowest BCUT2D eigenvalue weighted by atomic mass is 10.2. The summed E-state index contributed by atoms with van der Waals surface area (Å²) in [7, 11) is -1.60. The highest BCUT2D eigenvalue weighted by Crippen LogP contribution is 2.19. The molecule has 0 aliphatic carbocycles. The summed E-state index contributed by atoms with van der Waals surface area (Å²) in [4.78, 5) is 13.2. The van der Waals surface area contributed by atoms with Crippen LogP contribution in [0.3, 0.4) is 0 Å². The van der Waals surface area contributed by atoms with Crippen LogP contribution in [0.15, 0.2) is 18.2 Å². The molecule has 1 saturated heterocycles. The number of rotatable bonds is 4. The summed E-state index contributed by atoms with van der Waals surface area (Å²) in [6, 6.07) is 2.39. The number of carbonyl (C=O) groups excluding carboxylic acids is 1. The molecule has 0 saturated carbocycles. The molecular formula is C13H15F2NO4S. The highest BCUT2D eigenvalue weighted by Gasteiger charge is 2.32. The van der Waals surface area contributed by atoms with E-state index in [0.29, 0.717) is 12.5 Å². The Morgan fingerprint density at radius 3 is 2.71 bits per heavy atom. The average molecular weight is 319 g/mol. The van der Waals surface area contributed by atoms with Gasteiger partial charge in [0.1, 0.15) is 5.82 Å². The van der Waals surface area contributed by atoms with Crippen LogP contribution < -0.4 is 4.74 Å². The summed E-state index contributed by atoms with van der Waals surface area (Å²) in [5, 5.41) is 0. The molecule has 1 atom stereocenters. The predicted octanol–water partition coefficient (Wildman–Crippen LogP) is 0.989. The molecule has 1 amide bonds. The number of sulfone groups is 1. The van der Waals surface area contributed by atoms with Crippen molar-refractivity contribution in [2.24, 2.45) is 0 Å². The van der Waals surface area contributed by atoms with Crippen LogP contribution in [0.4, 0.5) is 8.78 Å². The first-order chi connectivity index (χ1) is 9.78. The van der Waals surface area contributed by atoms with Crippen molar-refractivity contribution in [2.45, 2.75) is 12.5 Å². The fraction of sp³-hybridized carbons (Fsp3) is 0.462. The van der Waals surface area contributed by atoms with Crippen LogP contribution in [0.5, 0.6) is 5.75 Å². The molecule has 116 valence electrons. The van der Waals surface area contributed by atoms with E-state index < -0.39 is 34.0 Å². The van der Waals surface area contributed by atoms with Crippen molar-refractivity contribution in [3.05, 3.63) is 29.8 Å². The number of ether oxygens (including phenoxy) is 1. The number of likely N-dealkylation sites (N-methyl/N-ethyl adjacent to an activating group) is 1. The molecule has 0 N–H and O–H groups in total. The average Bonchev–Trinajstić information content (AvgIpc) is 2.77. The molecule has 1 aliphatic heterocycles. The number of hydrogen-bond donors (Lipinski definition) is 0. The summed E-state index contributed by atoms with van der Waals surface area (Å²) >= 11 is 0. The minimum atomic E-state index is -3.09. The van der Waals surface area contributed by atoms with E-state index in [-0.39, 0.29) is 23.3 Å². The maximum atomic E-state index is 13.3. The topological polar surface area (TPSA) is 63.7 Å². The number of hydrogen-bond acceptors (Lipinski definition) is 4. The van der Waals surface area contributed by atoms with Crippen molar-refractivity contribution in [1.82, 2.24) is 4.90 Å². The Bertz CT molecular complexity index is 648. The van der Waals surface area contributed by atoms with Gasteiger partial charge in [-0.2, -0.15) is 0 Å². The Kier molecular flexibility index (Phi) is 4.46. The van der Waals surface area contributed by atoms with Gasteiger partial charge in [0.2, 0.25) is 0 Å². The standard InChI is InChI=1S/C13H15F2NO4S/c1-16(10-4-5-21(18,19)8-10)13(17)7-20-12-3-2-9(14)6-11(12)15/h2-3,6,10H,4-5,7-8H2,1H3/t10-/m0/s1. The van der Waals surface area contributed by atoms with Crippen molar-refractivity contribution >= 4 is 15.7 Å². The zero-order valence-corrected chi connectivity index (χ0v) is 12.2. The minimum Gasteiger partial charge on any atom is -0.481 e. The number of nitrogens with zero attached hydrogens (tertiary/aromatic N) is 1. The van der Waals surface area contributed by atoms with Gasteiger partial charge in [0.05, 0.1) is 11.5 Å². The maximum absolute atomic E-state index is 13.3. The first-order valence-corrected chi connectivity index (χ1v) is 8.14. The van der Waals surface area contributed by atoms with Gasteiger partial charge in [-0.3, -0.25) is 4.79 Å². The first kappa shape index (κ1) is 15.7. The monoisotopic (exact) mass is 319 g/mol. The van der Waals surface area contributed by atoms with E-state index in [1.807, 2.05) is 0 Å². The van der Waals surface area contributed by atoms with Crippen LogP contribution >= 0.6 is 0 Å². The number of halogens is 2. The molecule has 5 nitrogen and oxygen atoms in total. The van der Waals surface area contributed by atoms with Crippen LogP contribution in [-0.2, 0) is 14.6 Å². The Morgan fingerprint density at radius 2 is 2.14 bits per heavy atom. The molecule has 0 aromatic heterocycles. The van der Waals surface area contributed by atoms with Gasteiger partial charge in [0, 0.05) is 19.2 Å². The Labute approximate surface area is 121 Å². The molecule has 0 radical (unpaired) electrons. The van der Waals surface area contributed by atoms with Gasteiger partial charge in [-0.1, -0.05) is 0 Å². The van der Waals surface area contributed by atoms with Crippen molar-refractivity contribution in [3.8, 4) is 5.75 Å². The van der Waals surface area contributed by atoms with E-state index in [0.717, 1.165) is 12.1 Å². The summed E-state index contributed by atoms with van der Waals surface area (Å²) in [5.74, 6) is -2.32. The zero-order valence-electron chi connectivity index (χ0n) is 11.4. The Morgan fingerprint density at radius 1 is 1.43 bits per heavy atom. The van der Waals surface area contributed by atoms with Gasteiger partial charge >= 0.3 is 0 Å². The van der Waals surface area contributed by atoms with Gasteiger partial charge in [-0.05, 0) is 18.6 Å². The number of carbonyl (C=O) groups is 1. The van der Waals surface area contributed by atoms with Crippen LogP contribution in [0.1, 0.15) is 6.42 Å². The summed E-state index contributed by atoms with van der Waals surface area (Å²) < 4.78 is 53.8. The molecule has 1 aromatic rings. The lowest BCUT2D eigenvalue weighted by Gasteiger charge is -2.23. The summed E-state index contributed by atoms with van der Waals surface area (Å²) in [6.07, 6.45) is 0.384. The van der Waals surface area contributed by atoms with E-state index in [1.165, 1.54) is 11.9 Å². The van der Waals surface area contributed by atoms with E-state index in [9.17, 15) is 22.0 Å². The third kappa shape index (κ3) is 3.90. The lowest BCUT2D eigenvalue weighted by Crippen LogP contribution is -2.40. The molecule has 21 heavy (non-hydrogen) atoms. The zero-order chi connectivity index (χ0) is 15.6. The fourth-order valence-corrected chi connectivity index (χ4v) is 3.89. The van der Waals surface area contributed by atoms with Gasteiger partial charge in [-0.25, -0.2) is 17.2 Å². The second-order valence-corrected chi connectivity index (χ2v) is 7.15. The summed E-state index contributed by atoms with van der Waals surface area (Å²) in [6.45, 7) is -0.435. The SMILES string of the molecule is CN(C(=O)COc1ccc(F)cc1F)[C@H]1CCS(=O)(=O)C1. The third-order valence-corrected chi connectivity index (χ3v) is 5.14.